The molecule has 0 aliphatic rings. The van der Waals surface area contributed by atoms with E-state index >= 15 is 0 Å². The molecule has 0 fully saturated rings. The van der Waals surface area contributed by atoms with Crippen LogP contribution in [0.2, 0.25) is 0 Å². The van der Waals surface area contributed by atoms with E-state index in [1.807, 2.05) is 6.07 Å². The Kier molecular flexibility index (Phi) is 5.90. The van der Waals surface area contributed by atoms with Crippen molar-refractivity contribution in [2.45, 2.75) is 37.8 Å². The standard InChI is InChI=1S/C18H20BrNO4S/c1-18(2,3)24-17(21)20(13-14-7-5-4-6-8-14)25(22,23)16-11-9-15(19)10-12-16/h4-12H,13H2,1-3H3. The summed E-state index contributed by atoms with van der Waals surface area (Å²) < 4.78 is 32.8. The van der Waals surface area contributed by atoms with Crippen LogP contribution in [0.4, 0.5) is 4.79 Å². The molecule has 0 heterocycles. The van der Waals surface area contributed by atoms with Gasteiger partial charge in [-0.2, -0.15) is 4.31 Å². The number of halogens is 1. The van der Waals surface area contributed by atoms with E-state index in [4.69, 9.17) is 4.74 Å². The van der Waals surface area contributed by atoms with Gasteiger partial charge in [-0.05, 0) is 50.6 Å². The summed E-state index contributed by atoms with van der Waals surface area (Å²) in [7, 11) is -4.05. The van der Waals surface area contributed by atoms with Crippen LogP contribution in [0.1, 0.15) is 26.3 Å². The average molecular weight is 426 g/mol. The molecule has 0 spiro atoms. The van der Waals surface area contributed by atoms with E-state index in [9.17, 15) is 13.2 Å². The Morgan fingerprint density at radius 3 is 2.12 bits per heavy atom. The summed E-state index contributed by atoms with van der Waals surface area (Å²) in [5, 5.41) is 0. The highest BCUT2D eigenvalue weighted by atomic mass is 79.9. The van der Waals surface area contributed by atoms with Gasteiger partial charge >= 0.3 is 6.09 Å². The van der Waals surface area contributed by atoms with Gasteiger partial charge in [0.25, 0.3) is 10.0 Å². The van der Waals surface area contributed by atoms with Crippen LogP contribution in [0.5, 0.6) is 0 Å². The first-order valence-corrected chi connectivity index (χ1v) is 9.88. The molecule has 0 aromatic heterocycles. The largest absolute Gasteiger partial charge is 0.443 e. The van der Waals surface area contributed by atoms with Crippen molar-refractivity contribution >= 4 is 32.0 Å². The minimum atomic E-state index is -4.05. The number of carbonyl (C=O) groups excluding carboxylic acids is 1. The zero-order chi connectivity index (χ0) is 18.7. The van der Waals surface area contributed by atoms with Gasteiger partial charge in [0, 0.05) is 4.47 Å². The van der Waals surface area contributed by atoms with Gasteiger partial charge in [0.15, 0.2) is 0 Å². The Hall–Kier alpha value is -1.86. The molecule has 0 saturated heterocycles. The first kappa shape index (κ1) is 19.5. The first-order valence-electron chi connectivity index (χ1n) is 7.65. The Morgan fingerprint density at radius 2 is 1.60 bits per heavy atom. The van der Waals surface area contributed by atoms with E-state index < -0.39 is 21.7 Å². The Bertz CT molecular complexity index is 828. The third-order valence-corrected chi connectivity index (χ3v) is 5.42. The van der Waals surface area contributed by atoms with E-state index in [0.717, 1.165) is 8.78 Å². The minimum Gasteiger partial charge on any atom is -0.443 e. The molecule has 5 nitrogen and oxygen atoms in total. The molecule has 2 rings (SSSR count). The van der Waals surface area contributed by atoms with Crippen LogP contribution in [-0.2, 0) is 21.3 Å². The second-order valence-electron chi connectivity index (χ2n) is 6.43. The lowest BCUT2D eigenvalue weighted by atomic mass is 10.2. The molecule has 0 unspecified atom stereocenters. The van der Waals surface area contributed by atoms with Gasteiger partial charge < -0.3 is 4.74 Å². The summed E-state index contributed by atoms with van der Waals surface area (Å²) in [4.78, 5) is 12.6. The molecule has 0 atom stereocenters. The molecule has 0 N–H and O–H groups in total. The lowest BCUT2D eigenvalue weighted by Gasteiger charge is -2.27. The first-order chi connectivity index (χ1) is 11.6. The summed E-state index contributed by atoms with van der Waals surface area (Å²) in [5.74, 6) is 0. The number of hydrogen-bond acceptors (Lipinski definition) is 4. The Balaban J connectivity index is 2.42. The van der Waals surface area contributed by atoms with Crippen LogP contribution in [0.25, 0.3) is 0 Å². The van der Waals surface area contributed by atoms with E-state index in [1.54, 1.807) is 57.2 Å². The maximum Gasteiger partial charge on any atom is 0.424 e. The molecule has 0 saturated carbocycles. The Labute approximate surface area is 156 Å². The molecule has 1 amide bonds. The third kappa shape index (κ3) is 5.31. The van der Waals surface area contributed by atoms with Gasteiger partial charge in [-0.1, -0.05) is 46.3 Å². The van der Waals surface area contributed by atoms with Crippen molar-refractivity contribution in [3.8, 4) is 0 Å². The van der Waals surface area contributed by atoms with Gasteiger partial charge in [-0.25, -0.2) is 13.2 Å². The number of amides is 1. The zero-order valence-electron chi connectivity index (χ0n) is 14.3. The lowest BCUT2D eigenvalue weighted by Crippen LogP contribution is -2.40. The van der Waals surface area contributed by atoms with Crippen molar-refractivity contribution in [1.29, 1.82) is 0 Å². The zero-order valence-corrected chi connectivity index (χ0v) is 16.7. The third-order valence-electron chi connectivity index (χ3n) is 3.17. The molecule has 25 heavy (non-hydrogen) atoms. The Morgan fingerprint density at radius 1 is 1.04 bits per heavy atom. The fourth-order valence-corrected chi connectivity index (χ4v) is 3.59. The molecule has 0 aliphatic heterocycles. The summed E-state index contributed by atoms with van der Waals surface area (Å²) in [5.41, 5.74) is -0.115. The monoisotopic (exact) mass is 425 g/mol. The van der Waals surface area contributed by atoms with Crippen LogP contribution in [0.15, 0.2) is 64.0 Å². The van der Waals surface area contributed by atoms with E-state index in [1.165, 1.54) is 12.1 Å². The van der Waals surface area contributed by atoms with Crippen molar-refractivity contribution in [3.63, 3.8) is 0 Å². The summed E-state index contributed by atoms with van der Waals surface area (Å²) >= 11 is 3.27. The maximum absolute atomic E-state index is 13.0. The molecule has 2 aromatic rings. The molecule has 134 valence electrons. The van der Waals surface area contributed by atoms with Gasteiger partial charge in [0.1, 0.15) is 5.60 Å². The second kappa shape index (κ2) is 7.58. The number of ether oxygens (including phenoxy) is 1. The van der Waals surface area contributed by atoms with Gasteiger partial charge in [0.2, 0.25) is 0 Å². The fraction of sp³-hybridized carbons (Fsp3) is 0.278. The topological polar surface area (TPSA) is 63.7 Å². The van der Waals surface area contributed by atoms with Gasteiger partial charge in [0.05, 0.1) is 11.4 Å². The SMILES string of the molecule is CC(C)(C)OC(=O)N(Cc1ccccc1)S(=O)(=O)c1ccc(Br)cc1. The predicted octanol–water partition coefficient (Wildman–Crippen LogP) is 4.58. The van der Waals surface area contributed by atoms with Crippen LogP contribution in [0.3, 0.4) is 0 Å². The molecule has 0 radical (unpaired) electrons. The van der Waals surface area contributed by atoms with Crippen molar-refractivity contribution in [3.05, 3.63) is 64.6 Å². The molecule has 2 aromatic carbocycles. The number of rotatable bonds is 4. The van der Waals surface area contributed by atoms with E-state index in [2.05, 4.69) is 15.9 Å². The van der Waals surface area contributed by atoms with Crippen molar-refractivity contribution < 1.29 is 17.9 Å². The quantitative estimate of drug-likeness (QED) is 0.718. The van der Waals surface area contributed by atoms with Gasteiger partial charge in [-0.3, -0.25) is 0 Å². The van der Waals surface area contributed by atoms with Crippen LogP contribution in [0, 0.1) is 0 Å². The molecular formula is C18H20BrNO4S. The fourth-order valence-electron chi connectivity index (χ4n) is 2.04. The number of hydrogen-bond donors (Lipinski definition) is 0. The van der Waals surface area contributed by atoms with Crippen molar-refractivity contribution in [1.82, 2.24) is 4.31 Å². The minimum absolute atomic E-state index is 0.0255. The normalized spacial score (nSPS) is 11.8. The van der Waals surface area contributed by atoms with Crippen LogP contribution in [-0.4, -0.2) is 24.4 Å². The van der Waals surface area contributed by atoms with Gasteiger partial charge in [-0.15, -0.1) is 0 Å². The average Bonchev–Trinajstić information content (AvgIpc) is 2.52. The van der Waals surface area contributed by atoms with Crippen molar-refractivity contribution in [2.75, 3.05) is 0 Å². The highest BCUT2D eigenvalue weighted by molar-refractivity contribution is 9.10. The highest BCUT2D eigenvalue weighted by Gasteiger charge is 2.33. The highest BCUT2D eigenvalue weighted by Crippen LogP contribution is 2.23. The van der Waals surface area contributed by atoms with Crippen molar-refractivity contribution in [2.24, 2.45) is 0 Å². The summed E-state index contributed by atoms with van der Waals surface area (Å²) in [6, 6.07) is 15.0. The number of nitrogens with zero attached hydrogens (tertiary/aromatic N) is 1. The van der Waals surface area contributed by atoms with Crippen LogP contribution < -0.4 is 0 Å². The number of carbonyl (C=O) groups is 1. The van der Waals surface area contributed by atoms with Crippen LogP contribution >= 0.6 is 15.9 Å². The lowest BCUT2D eigenvalue weighted by molar-refractivity contribution is 0.0381. The number of benzene rings is 2. The number of sulfonamides is 1. The molecule has 0 aliphatic carbocycles. The maximum atomic E-state index is 13.0. The van der Waals surface area contributed by atoms with E-state index in [-0.39, 0.29) is 11.4 Å². The molecular weight excluding hydrogens is 406 g/mol. The second-order valence-corrected chi connectivity index (χ2v) is 9.21. The summed E-state index contributed by atoms with van der Waals surface area (Å²) in [6.45, 7) is 4.97. The predicted molar refractivity (Wildman–Crippen MR) is 99.5 cm³/mol. The van der Waals surface area contributed by atoms with E-state index in [0.29, 0.717) is 5.56 Å². The molecule has 0 bridgehead atoms. The summed E-state index contributed by atoms with van der Waals surface area (Å²) in [6.07, 6.45) is -0.903. The smallest absolute Gasteiger partial charge is 0.424 e. The molecule has 7 heteroatoms.